The summed E-state index contributed by atoms with van der Waals surface area (Å²) in [6, 6.07) is 10.9. The third kappa shape index (κ3) is 2.31. The maximum absolute atomic E-state index is 5.94. The van der Waals surface area contributed by atoms with Crippen molar-refractivity contribution in [2.75, 3.05) is 29.4 Å². The molecule has 4 heterocycles. The van der Waals surface area contributed by atoms with Crippen LogP contribution in [0.4, 0.5) is 11.8 Å². The molecule has 1 aliphatic rings. The first-order valence-electron chi connectivity index (χ1n) is 8.45. The summed E-state index contributed by atoms with van der Waals surface area (Å²) in [4.78, 5) is 21.1. The molecule has 4 aromatic rings. The van der Waals surface area contributed by atoms with Gasteiger partial charge in [0.25, 0.3) is 6.01 Å². The van der Waals surface area contributed by atoms with Gasteiger partial charge in [0.1, 0.15) is 23.3 Å². The minimum Gasteiger partial charge on any atom is -0.423 e. The highest BCUT2D eigenvalue weighted by molar-refractivity contribution is 5.87. The fourth-order valence-corrected chi connectivity index (χ4v) is 3.53. The van der Waals surface area contributed by atoms with E-state index in [4.69, 9.17) is 4.42 Å². The van der Waals surface area contributed by atoms with Gasteiger partial charge in [0, 0.05) is 31.9 Å². The number of rotatable bonds is 2. The van der Waals surface area contributed by atoms with Crippen LogP contribution in [0.15, 0.2) is 47.3 Å². The number of aromatic amines is 1. The molecule has 1 saturated heterocycles. The van der Waals surface area contributed by atoms with Crippen LogP contribution in [-0.4, -0.2) is 45.6 Å². The molecule has 0 amide bonds. The van der Waals surface area contributed by atoms with Crippen LogP contribution in [0, 0.1) is 0 Å². The van der Waals surface area contributed by atoms with Gasteiger partial charge >= 0.3 is 0 Å². The Hall–Kier alpha value is -3.09. The van der Waals surface area contributed by atoms with E-state index >= 15 is 0 Å². The lowest BCUT2D eigenvalue weighted by Crippen LogP contribution is -2.52. The summed E-state index contributed by atoms with van der Waals surface area (Å²) in [5, 5.41) is 1.06. The highest BCUT2D eigenvalue weighted by atomic mass is 16.4. The van der Waals surface area contributed by atoms with Crippen LogP contribution in [0.1, 0.15) is 6.92 Å². The Labute approximate surface area is 144 Å². The number of piperazine rings is 1. The molecule has 1 N–H and O–H groups in total. The molecule has 1 fully saturated rings. The number of aromatic nitrogens is 4. The van der Waals surface area contributed by atoms with Gasteiger partial charge in [0.05, 0.1) is 5.39 Å². The second-order valence-corrected chi connectivity index (χ2v) is 6.39. The van der Waals surface area contributed by atoms with Crippen molar-refractivity contribution in [3.8, 4) is 0 Å². The van der Waals surface area contributed by atoms with Crippen LogP contribution in [0.2, 0.25) is 0 Å². The molecule has 0 spiro atoms. The monoisotopic (exact) mass is 334 g/mol. The molecule has 1 atom stereocenters. The zero-order valence-corrected chi connectivity index (χ0v) is 13.9. The van der Waals surface area contributed by atoms with Crippen molar-refractivity contribution in [1.82, 2.24) is 19.9 Å². The van der Waals surface area contributed by atoms with E-state index < -0.39 is 0 Å². The lowest BCUT2D eigenvalue weighted by Gasteiger charge is -2.39. The second kappa shape index (κ2) is 5.47. The molecule has 0 aliphatic carbocycles. The number of fused-ring (bicyclic) bond motifs is 2. The number of anilines is 2. The van der Waals surface area contributed by atoms with Gasteiger partial charge in [0.2, 0.25) is 0 Å². The maximum Gasteiger partial charge on any atom is 0.298 e. The second-order valence-electron chi connectivity index (χ2n) is 6.39. The Morgan fingerprint density at radius 3 is 2.96 bits per heavy atom. The molecule has 126 valence electrons. The van der Waals surface area contributed by atoms with Crippen LogP contribution >= 0.6 is 0 Å². The zero-order valence-electron chi connectivity index (χ0n) is 13.9. The van der Waals surface area contributed by atoms with Crippen molar-refractivity contribution < 1.29 is 4.42 Å². The average Bonchev–Trinajstić information content (AvgIpc) is 3.27. The Bertz CT molecular complexity index is 1010. The van der Waals surface area contributed by atoms with E-state index in [-0.39, 0.29) is 6.04 Å². The van der Waals surface area contributed by atoms with Gasteiger partial charge in [-0.1, -0.05) is 12.1 Å². The summed E-state index contributed by atoms with van der Waals surface area (Å²) in [6.45, 7) is 4.75. The number of benzene rings is 1. The van der Waals surface area contributed by atoms with E-state index in [1.807, 2.05) is 36.5 Å². The van der Waals surface area contributed by atoms with Crippen LogP contribution in [0.3, 0.4) is 0 Å². The quantitative estimate of drug-likeness (QED) is 0.608. The van der Waals surface area contributed by atoms with E-state index in [0.717, 1.165) is 47.6 Å². The van der Waals surface area contributed by atoms with Crippen molar-refractivity contribution >= 4 is 34.0 Å². The van der Waals surface area contributed by atoms with Gasteiger partial charge in [-0.2, -0.15) is 4.98 Å². The molecule has 7 nitrogen and oxygen atoms in total. The Morgan fingerprint density at radius 2 is 2.08 bits per heavy atom. The fourth-order valence-electron chi connectivity index (χ4n) is 3.53. The van der Waals surface area contributed by atoms with Crippen molar-refractivity contribution in [3.63, 3.8) is 0 Å². The lowest BCUT2D eigenvalue weighted by atomic mass is 10.2. The normalized spacial score (nSPS) is 18.4. The van der Waals surface area contributed by atoms with E-state index in [1.165, 1.54) is 0 Å². The first-order valence-corrected chi connectivity index (χ1v) is 8.45. The SMILES string of the molecule is CC1CN(c2ncnc3[nH]ccc23)CCN1c1nc2ccccc2o1. The van der Waals surface area contributed by atoms with Crippen molar-refractivity contribution in [2.24, 2.45) is 0 Å². The summed E-state index contributed by atoms with van der Waals surface area (Å²) in [5.74, 6) is 0.982. The average molecular weight is 334 g/mol. The number of oxazole rings is 1. The van der Waals surface area contributed by atoms with Gasteiger partial charge in [-0.25, -0.2) is 9.97 Å². The van der Waals surface area contributed by atoms with Crippen LogP contribution < -0.4 is 9.80 Å². The van der Waals surface area contributed by atoms with Crippen molar-refractivity contribution in [2.45, 2.75) is 13.0 Å². The number of hydrogen-bond donors (Lipinski definition) is 1. The number of nitrogens with zero attached hydrogens (tertiary/aromatic N) is 5. The topological polar surface area (TPSA) is 74.1 Å². The molecular formula is C18H18N6O. The smallest absolute Gasteiger partial charge is 0.298 e. The molecule has 5 rings (SSSR count). The van der Waals surface area contributed by atoms with Gasteiger partial charge < -0.3 is 19.2 Å². The van der Waals surface area contributed by atoms with Crippen LogP contribution in [0.5, 0.6) is 0 Å². The zero-order chi connectivity index (χ0) is 16.8. The minimum absolute atomic E-state index is 0.269. The molecule has 7 heteroatoms. The van der Waals surface area contributed by atoms with E-state index in [9.17, 15) is 0 Å². The van der Waals surface area contributed by atoms with Crippen molar-refractivity contribution in [1.29, 1.82) is 0 Å². The van der Waals surface area contributed by atoms with E-state index in [1.54, 1.807) is 6.33 Å². The van der Waals surface area contributed by atoms with Crippen LogP contribution in [0.25, 0.3) is 22.1 Å². The molecule has 25 heavy (non-hydrogen) atoms. The summed E-state index contributed by atoms with van der Waals surface area (Å²) >= 11 is 0. The first kappa shape index (κ1) is 14.3. The maximum atomic E-state index is 5.94. The highest BCUT2D eigenvalue weighted by Crippen LogP contribution is 2.28. The fraction of sp³-hybridized carbons (Fsp3) is 0.278. The molecule has 0 bridgehead atoms. The Morgan fingerprint density at radius 1 is 1.16 bits per heavy atom. The first-order chi connectivity index (χ1) is 12.3. The summed E-state index contributed by atoms with van der Waals surface area (Å²) in [6.07, 6.45) is 3.52. The molecule has 1 aromatic carbocycles. The molecule has 1 unspecified atom stereocenters. The molecule has 0 saturated carbocycles. The summed E-state index contributed by atoms with van der Waals surface area (Å²) in [5.41, 5.74) is 2.60. The van der Waals surface area contributed by atoms with E-state index in [0.29, 0.717) is 6.01 Å². The number of para-hydroxylation sites is 2. The van der Waals surface area contributed by atoms with E-state index in [2.05, 4.69) is 36.7 Å². The van der Waals surface area contributed by atoms with Gasteiger partial charge in [-0.05, 0) is 25.1 Å². The number of H-pyrrole nitrogens is 1. The molecule has 0 radical (unpaired) electrons. The molecule has 1 aliphatic heterocycles. The predicted octanol–water partition coefficient (Wildman–Crippen LogP) is 2.81. The number of hydrogen-bond acceptors (Lipinski definition) is 6. The predicted molar refractivity (Wildman–Crippen MR) is 96.9 cm³/mol. The molecule has 3 aromatic heterocycles. The third-order valence-electron chi connectivity index (χ3n) is 4.79. The van der Waals surface area contributed by atoms with Gasteiger partial charge in [0.15, 0.2) is 5.58 Å². The van der Waals surface area contributed by atoms with Crippen molar-refractivity contribution in [3.05, 3.63) is 42.9 Å². The number of nitrogens with one attached hydrogen (secondary N) is 1. The summed E-state index contributed by atoms with van der Waals surface area (Å²) < 4.78 is 5.94. The van der Waals surface area contributed by atoms with Gasteiger partial charge in [-0.3, -0.25) is 0 Å². The molecular weight excluding hydrogens is 316 g/mol. The standard InChI is InChI=1S/C18H18N6O/c1-12-10-23(17-13-6-7-19-16(13)20-11-21-17)8-9-24(12)18-22-14-4-2-3-5-15(14)25-18/h2-7,11-12H,8-10H2,1H3,(H,19,20,21). The highest BCUT2D eigenvalue weighted by Gasteiger charge is 2.28. The van der Waals surface area contributed by atoms with Crippen LogP contribution in [-0.2, 0) is 0 Å². The summed E-state index contributed by atoms with van der Waals surface area (Å²) in [7, 11) is 0. The minimum atomic E-state index is 0.269. The van der Waals surface area contributed by atoms with Gasteiger partial charge in [-0.15, -0.1) is 0 Å². The largest absolute Gasteiger partial charge is 0.423 e. The third-order valence-corrected chi connectivity index (χ3v) is 4.79. The Balaban J connectivity index is 1.42. The Kier molecular flexibility index (Phi) is 3.12. The lowest BCUT2D eigenvalue weighted by molar-refractivity contribution is 0.485.